The molecule has 7 heteroatoms. The molecule has 1 aromatic rings. The number of hydrogen-bond acceptors (Lipinski definition) is 4. The van der Waals surface area contributed by atoms with Crippen LogP contribution < -0.4 is 11.1 Å². The highest BCUT2D eigenvalue weighted by Crippen LogP contribution is 2.21. The van der Waals surface area contributed by atoms with E-state index >= 15 is 0 Å². The van der Waals surface area contributed by atoms with Crippen molar-refractivity contribution in [2.24, 2.45) is 5.73 Å². The molecule has 0 bridgehead atoms. The number of halogens is 1. The van der Waals surface area contributed by atoms with Gasteiger partial charge in [0.1, 0.15) is 4.99 Å². The topological polar surface area (TPSA) is 67.6 Å². The quantitative estimate of drug-likeness (QED) is 0.805. The van der Waals surface area contributed by atoms with Crippen LogP contribution in [0.2, 0.25) is 5.02 Å². The summed E-state index contributed by atoms with van der Waals surface area (Å²) in [5, 5.41) is 3.77. The van der Waals surface area contributed by atoms with Gasteiger partial charge >= 0.3 is 0 Å². The van der Waals surface area contributed by atoms with Crippen molar-refractivity contribution >= 4 is 40.4 Å². The van der Waals surface area contributed by atoms with E-state index in [4.69, 9.17) is 34.3 Å². The van der Waals surface area contributed by atoms with Crippen molar-refractivity contribution in [2.45, 2.75) is 6.42 Å². The Morgan fingerprint density at radius 2 is 2.14 bits per heavy atom. The summed E-state index contributed by atoms with van der Waals surface area (Å²) in [7, 11) is 0. The fraction of sp³-hybridized carbons (Fsp3) is 0.429. The van der Waals surface area contributed by atoms with Crippen LogP contribution in [0.25, 0.3) is 0 Å². The molecule has 0 aromatic heterocycles. The van der Waals surface area contributed by atoms with Gasteiger partial charge < -0.3 is 20.7 Å². The Morgan fingerprint density at radius 1 is 1.43 bits per heavy atom. The SMILES string of the molecule is NC(=S)c1ccc(Cl)cc1NCCC(=O)N1CCOCC1. The van der Waals surface area contributed by atoms with E-state index in [-0.39, 0.29) is 5.91 Å². The van der Waals surface area contributed by atoms with Gasteiger partial charge in [0.25, 0.3) is 0 Å². The second kappa shape index (κ2) is 7.59. The molecule has 1 aromatic carbocycles. The maximum atomic E-state index is 12.0. The van der Waals surface area contributed by atoms with Crippen LogP contribution >= 0.6 is 23.8 Å². The van der Waals surface area contributed by atoms with Gasteiger partial charge in [0.2, 0.25) is 5.91 Å². The standard InChI is InChI=1S/C14H18ClN3O2S/c15-10-1-2-11(14(16)21)12(9-10)17-4-3-13(19)18-5-7-20-8-6-18/h1-2,9,17H,3-8H2,(H2,16,21). The fourth-order valence-corrected chi connectivity index (χ4v) is 2.50. The molecule has 1 saturated heterocycles. The molecular formula is C14H18ClN3O2S. The normalized spacial score (nSPS) is 14.8. The predicted octanol–water partition coefficient (Wildman–Crippen LogP) is 1.64. The molecule has 0 radical (unpaired) electrons. The molecule has 1 aliphatic rings. The number of carbonyl (C=O) groups excluding carboxylic acids is 1. The Hall–Kier alpha value is -1.37. The second-order valence-corrected chi connectivity index (χ2v) is 5.60. The summed E-state index contributed by atoms with van der Waals surface area (Å²) in [6.45, 7) is 3.05. The number of nitrogens with one attached hydrogen (secondary N) is 1. The Kier molecular flexibility index (Phi) is 5.78. The molecule has 114 valence electrons. The Labute approximate surface area is 134 Å². The van der Waals surface area contributed by atoms with Crippen LogP contribution in [0.3, 0.4) is 0 Å². The zero-order valence-corrected chi connectivity index (χ0v) is 13.2. The van der Waals surface area contributed by atoms with E-state index in [0.29, 0.717) is 49.3 Å². The van der Waals surface area contributed by atoms with E-state index in [2.05, 4.69) is 5.32 Å². The summed E-state index contributed by atoms with van der Waals surface area (Å²) >= 11 is 11.0. The zero-order chi connectivity index (χ0) is 15.2. The van der Waals surface area contributed by atoms with E-state index in [1.54, 1.807) is 18.2 Å². The molecule has 5 nitrogen and oxygen atoms in total. The molecule has 0 spiro atoms. The van der Waals surface area contributed by atoms with Crippen molar-refractivity contribution in [2.75, 3.05) is 38.2 Å². The highest BCUT2D eigenvalue weighted by Gasteiger charge is 2.16. The van der Waals surface area contributed by atoms with Crippen LogP contribution in [-0.2, 0) is 9.53 Å². The van der Waals surface area contributed by atoms with Crippen molar-refractivity contribution in [1.29, 1.82) is 0 Å². The molecule has 0 aliphatic carbocycles. The molecule has 1 amide bonds. The van der Waals surface area contributed by atoms with Crippen molar-refractivity contribution in [1.82, 2.24) is 4.90 Å². The van der Waals surface area contributed by atoms with Gasteiger partial charge in [-0.1, -0.05) is 23.8 Å². The summed E-state index contributed by atoms with van der Waals surface area (Å²) in [6, 6.07) is 5.27. The largest absolute Gasteiger partial charge is 0.389 e. The molecule has 1 heterocycles. The number of amides is 1. The minimum Gasteiger partial charge on any atom is -0.389 e. The first-order chi connectivity index (χ1) is 10.1. The van der Waals surface area contributed by atoms with Crippen molar-refractivity contribution in [3.63, 3.8) is 0 Å². The number of thiocarbonyl (C=S) groups is 1. The smallest absolute Gasteiger partial charge is 0.224 e. The summed E-state index contributed by atoms with van der Waals surface area (Å²) in [5.41, 5.74) is 7.16. The summed E-state index contributed by atoms with van der Waals surface area (Å²) in [6.07, 6.45) is 0.406. The summed E-state index contributed by atoms with van der Waals surface area (Å²) < 4.78 is 5.23. The lowest BCUT2D eigenvalue weighted by Gasteiger charge is -2.27. The number of carbonyl (C=O) groups is 1. The van der Waals surface area contributed by atoms with Gasteiger partial charge in [-0.15, -0.1) is 0 Å². The summed E-state index contributed by atoms with van der Waals surface area (Å²) in [4.78, 5) is 14.1. The number of nitrogens with two attached hydrogens (primary N) is 1. The average molecular weight is 328 g/mol. The number of ether oxygens (including phenoxy) is 1. The van der Waals surface area contributed by atoms with Gasteiger partial charge in [0, 0.05) is 42.3 Å². The number of morpholine rings is 1. The molecule has 1 aliphatic heterocycles. The van der Waals surface area contributed by atoms with Crippen molar-refractivity contribution < 1.29 is 9.53 Å². The number of rotatable bonds is 5. The van der Waals surface area contributed by atoms with E-state index in [0.717, 1.165) is 11.3 Å². The monoisotopic (exact) mass is 327 g/mol. The minimum atomic E-state index is 0.115. The van der Waals surface area contributed by atoms with Gasteiger partial charge in [0.15, 0.2) is 0 Å². The van der Waals surface area contributed by atoms with Crippen molar-refractivity contribution in [3.8, 4) is 0 Å². The highest BCUT2D eigenvalue weighted by molar-refractivity contribution is 7.80. The number of hydrogen-bond donors (Lipinski definition) is 2. The molecule has 0 saturated carbocycles. The van der Waals surface area contributed by atoms with E-state index < -0.39 is 0 Å². The fourth-order valence-electron chi connectivity index (χ4n) is 2.15. The highest BCUT2D eigenvalue weighted by atomic mass is 35.5. The van der Waals surface area contributed by atoms with Crippen LogP contribution in [0.1, 0.15) is 12.0 Å². The zero-order valence-electron chi connectivity index (χ0n) is 11.6. The minimum absolute atomic E-state index is 0.115. The van der Waals surface area contributed by atoms with Crippen molar-refractivity contribution in [3.05, 3.63) is 28.8 Å². The lowest BCUT2D eigenvalue weighted by Crippen LogP contribution is -2.41. The van der Waals surface area contributed by atoms with Crippen LogP contribution in [0.4, 0.5) is 5.69 Å². The van der Waals surface area contributed by atoms with Gasteiger partial charge in [0.05, 0.1) is 13.2 Å². The van der Waals surface area contributed by atoms with E-state index in [1.165, 1.54) is 0 Å². The molecule has 0 atom stereocenters. The van der Waals surface area contributed by atoms with Crippen LogP contribution in [0, 0.1) is 0 Å². The molecular weight excluding hydrogens is 310 g/mol. The predicted molar refractivity (Wildman–Crippen MR) is 87.8 cm³/mol. The average Bonchev–Trinajstić information content (AvgIpc) is 2.48. The third-order valence-corrected chi connectivity index (χ3v) is 3.72. The number of nitrogens with zero attached hydrogens (tertiary/aromatic N) is 1. The first kappa shape index (κ1) is 16.0. The van der Waals surface area contributed by atoms with Gasteiger partial charge in [-0.25, -0.2) is 0 Å². The molecule has 21 heavy (non-hydrogen) atoms. The maximum absolute atomic E-state index is 12.0. The first-order valence-electron chi connectivity index (χ1n) is 6.76. The van der Waals surface area contributed by atoms with E-state index in [1.807, 2.05) is 4.90 Å². The summed E-state index contributed by atoms with van der Waals surface area (Å²) in [5.74, 6) is 0.115. The number of anilines is 1. The van der Waals surface area contributed by atoms with E-state index in [9.17, 15) is 4.79 Å². The van der Waals surface area contributed by atoms with Crippen LogP contribution in [0.15, 0.2) is 18.2 Å². The molecule has 0 unspecified atom stereocenters. The molecule has 3 N–H and O–H groups in total. The lowest BCUT2D eigenvalue weighted by atomic mass is 10.1. The third-order valence-electron chi connectivity index (χ3n) is 3.27. The Bertz CT molecular complexity index is 533. The van der Waals surface area contributed by atoms with Crippen LogP contribution in [0.5, 0.6) is 0 Å². The Balaban J connectivity index is 1.89. The second-order valence-electron chi connectivity index (χ2n) is 4.72. The number of benzene rings is 1. The van der Waals surface area contributed by atoms with Gasteiger partial charge in [-0.3, -0.25) is 4.79 Å². The first-order valence-corrected chi connectivity index (χ1v) is 7.55. The molecule has 2 rings (SSSR count). The van der Waals surface area contributed by atoms with Gasteiger partial charge in [-0.05, 0) is 18.2 Å². The van der Waals surface area contributed by atoms with Gasteiger partial charge in [-0.2, -0.15) is 0 Å². The Morgan fingerprint density at radius 3 is 2.81 bits per heavy atom. The molecule has 1 fully saturated rings. The maximum Gasteiger partial charge on any atom is 0.224 e. The van der Waals surface area contributed by atoms with Crippen LogP contribution in [-0.4, -0.2) is 48.6 Å². The lowest BCUT2D eigenvalue weighted by molar-refractivity contribution is -0.134. The third kappa shape index (κ3) is 4.56.